The molecule has 0 radical (unpaired) electrons. The highest BCUT2D eigenvalue weighted by molar-refractivity contribution is 5.88. The van der Waals surface area contributed by atoms with Crippen LogP contribution in [0, 0.1) is 23.0 Å². The van der Waals surface area contributed by atoms with Gasteiger partial charge in [-0.05, 0) is 61.9 Å². The SMILES string of the molecule is COc1ccc2nccc(N3CC[C@@H]4C[C@H](NCC=Cc5cc(F)ccc5F)CC[C@@]4(CO)C3)c2n1. The molecular formula is C28H32F2N4O2. The topological polar surface area (TPSA) is 70.5 Å². The Kier molecular flexibility index (Phi) is 7.16. The van der Waals surface area contributed by atoms with E-state index in [0.717, 1.165) is 67.6 Å². The molecule has 2 N–H and O–H groups in total. The summed E-state index contributed by atoms with van der Waals surface area (Å²) < 4.78 is 32.5. The lowest BCUT2D eigenvalue weighted by Crippen LogP contribution is -2.55. The number of pyridine rings is 2. The summed E-state index contributed by atoms with van der Waals surface area (Å²) in [5, 5.41) is 14.1. The molecule has 36 heavy (non-hydrogen) atoms. The smallest absolute Gasteiger partial charge is 0.213 e. The minimum atomic E-state index is -0.447. The van der Waals surface area contributed by atoms with Crippen LogP contribution in [0.5, 0.6) is 5.88 Å². The molecule has 190 valence electrons. The molecule has 1 saturated heterocycles. The van der Waals surface area contributed by atoms with Crippen molar-refractivity contribution in [2.24, 2.45) is 11.3 Å². The molecule has 5 rings (SSSR count). The van der Waals surface area contributed by atoms with Crippen molar-refractivity contribution in [3.05, 3.63) is 65.9 Å². The number of fused-ring (bicyclic) bond motifs is 2. The van der Waals surface area contributed by atoms with Crippen LogP contribution < -0.4 is 15.0 Å². The Morgan fingerprint density at radius 2 is 2.11 bits per heavy atom. The molecule has 0 spiro atoms. The summed E-state index contributed by atoms with van der Waals surface area (Å²) in [4.78, 5) is 11.5. The van der Waals surface area contributed by atoms with Crippen molar-refractivity contribution in [2.45, 2.75) is 31.7 Å². The number of ether oxygens (including phenoxy) is 1. The number of piperidine rings is 1. The van der Waals surface area contributed by atoms with Gasteiger partial charge in [0.15, 0.2) is 0 Å². The molecule has 3 aromatic rings. The van der Waals surface area contributed by atoms with E-state index >= 15 is 0 Å². The second-order valence-corrected chi connectivity index (χ2v) is 9.93. The summed E-state index contributed by atoms with van der Waals surface area (Å²) in [5.74, 6) is 0.0904. The summed E-state index contributed by atoms with van der Waals surface area (Å²) in [7, 11) is 1.61. The Morgan fingerprint density at radius 3 is 2.94 bits per heavy atom. The van der Waals surface area contributed by atoms with Crippen LogP contribution in [0.4, 0.5) is 14.5 Å². The summed E-state index contributed by atoms with van der Waals surface area (Å²) in [6, 6.07) is 9.54. The van der Waals surface area contributed by atoms with Crippen LogP contribution in [0.1, 0.15) is 31.2 Å². The van der Waals surface area contributed by atoms with Gasteiger partial charge in [0.05, 0.1) is 24.9 Å². The first-order chi connectivity index (χ1) is 17.5. The highest BCUT2D eigenvalue weighted by Gasteiger charge is 2.46. The zero-order chi connectivity index (χ0) is 25.1. The van der Waals surface area contributed by atoms with E-state index in [1.807, 2.05) is 30.5 Å². The van der Waals surface area contributed by atoms with E-state index < -0.39 is 11.6 Å². The molecule has 2 fully saturated rings. The number of hydrogen-bond donors (Lipinski definition) is 2. The number of aromatic nitrogens is 2. The van der Waals surface area contributed by atoms with Crippen LogP contribution in [0.15, 0.2) is 48.7 Å². The molecule has 1 aromatic carbocycles. The van der Waals surface area contributed by atoms with Crippen molar-refractivity contribution in [2.75, 3.05) is 38.3 Å². The van der Waals surface area contributed by atoms with Gasteiger partial charge in [-0.15, -0.1) is 0 Å². The van der Waals surface area contributed by atoms with E-state index in [1.165, 1.54) is 6.07 Å². The molecule has 1 aliphatic heterocycles. The maximum Gasteiger partial charge on any atom is 0.213 e. The number of methoxy groups -OCH3 is 1. The zero-order valence-corrected chi connectivity index (χ0v) is 20.5. The highest BCUT2D eigenvalue weighted by Crippen LogP contribution is 2.47. The third kappa shape index (κ3) is 4.92. The highest BCUT2D eigenvalue weighted by atomic mass is 19.1. The van der Waals surface area contributed by atoms with Gasteiger partial charge in [-0.25, -0.2) is 13.8 Å². The summed E-state index contributed by atoms with van der Waals surface area (Å²) in [6.45, 7) is 2.40. The van der Waals surface area contributed by atoms with E-state index in [0.29, 0.717) is 24.4 Å². The number of rotatable bonds is 7. The van der Waals surface area contributed by atoms with Crippen molar-refractivity contribution >= 4 is 22.8 Å². The number of aliphatic hydroxyl groups excluding tert-OH is 1. The van der Waals surface area contributed by atoms with Gasteiger partial charge in [0, 0.05) is 48.9 Å². The Hall–Kier alpha value is -3.10. The number of anilines is 1. The monoisotopic (exact) mass is 494 g/mol. The second-order valence-electron chi connectivity index (χ2n) is 9.93. The Balaban J connectivity index is 1.24. The van der Waals surface area contributed by atoms with Crippen molar-refractivity contribution in [3.8, 4) is 5.88 Å². The molecule has 1 aliphatic carbocycles. The maximum absolute atomic E-state index is 13.8. The predicted molar refractivity (Wildman–Crippen MR) is 137 cm³/mol. The normalized spacial score (nSPS) is 24.3. The third-order valence-corrected chi connectivity index (χ3v) is 7.86. The average molecular weight is 495 g/mol. The van der Waals surface area contributed by atoms with Crippen LogP contribution >= 0.6 is 0 Å². The third-order valence-electron chi connectivity index (χ3n) is 7.86. The lowest BCUT2D eigenvalue weighted by atomic mass is 9.62. The van der Waals surface area contributed by atoms with Crippen LogP contribution in [0.2, 0.25) is 0 Å². The fraction of sp³-hybridized carbons (Fsp3) is 0.429. The van der Waals surface area contributed by atoms with Crippen molar-refractivity contribution in [1.82, 2.24) is 15.3 Å². The Labute approximate surface area is 210 Å². The first kappa shape index (κ1) is 24.6. The number of benzene rings is 1. The van der Waals surface area contributed by atoms with Gasteiger partial charge in [-0.1, -0.05) is 12.2 Å². The predicted octanol–water partition coefficient (Wildman–Crippen LogP) is 4.58. The average Bonchev–Trinajstić information content (AvgIpc) is 2.91. The molecule has 8 heteroatoms. The first-order valence-electron chi connectivity index (χ1n) is 12.5. The summed E-state index contributed by atoms with van der Waals surface area (Å²) in [6.07, 6.45) is 9.11. The number of halogens is 2. The van der Waals surface area contributed by atoms with Crippen LogP contribution in [0.3, 0.4) is 0 Å². The molecule has 2 aliphatic rings. The molecule has 3 heterocycles. The molecule has 2 aromatic heterocycles. The second kappa shape index (κ2) is 10.5. The number of nitrogens with zero attached hydrogens (tertiary/aromatic N) is 3. The molecule has 0 bridgehead atoms. The lowest BCUT2D eigenvalue weighted by molar-refractivity contribution is 0.00193. The van der Waals surface area contributed by atoms with E-state index in [1.54, 1.807) is 13.2 Å². The quantitative estimate of drug-likeness (QED) is 0.501. The Morgan fingerprint density at radius 1 is 1.22 bits per heavy atom. The van der Waals surface area contributed by atoms with Gasteiger partial charge < -0.3 is 20.1 Å². The molecular weight excluding hydrogens is 462 g/mol. The van der Waals surface area contributed by atoms with E-state index in [4.69, 9.17) is 4.74 Å². The fourth-order valence-corrected chi connectivity index (χ4v) is 5.85. The Bertz CT molecular complexity index is 1250. The summed E-state index contributed by atoms with van der Waals surface area (Å²) >= 11 is 0. The van der Waals surface area contributed by atoms with Gasteiger partial charge in [0.1, 0.15) is 17.2 Å². The van der Waals surface area contributed by atoms with Crippen LogP contribution in [-0.2, 0) is 0 Å². The van der Waals surface area contributed by atoms with Gasteiger partial charge >= 0.3 is 0 Å². The van der Waals surface area contributed by atoms with Crippen molar-refractivity contribution < 1.29 is 18.6 Å². The lowest BCUT2D eigenvalue weighted by Gasteiger charge is -2.52. The van der Waals surface area contributed by atoms with Crippen LogP contribution in [-0.4, -0.2) is 54.5 Å². The van der Waals surface area contributed by atoms with Gasteiger partial charge in [0.2, 0.25) is 5.88 Å². The molecule has 6 nitrogen and oxygen atoms in total. The van der Waals surface area contributed by atoms with Gasteiger partial charge in [-0.2, -0.15) is 0 Å². The first-order valence-corrected chi connectivity index (χ1v) is 12.5. The van der Waals surface area contributed by atoms with Gasteiger partial charge in [-0.3, -0.25) is 4.98 Å². The van der Waals surface area contributed by atoms with E-state index in [-0.39, 0.29) is 17.6 Å². The number of aliphatic hydroxyl groups is 1. The van der Waals surface area contributed by atoms with E-state index in [2.05, 4.69) is 20.2 Å². The number of hydrogen-bond acceptors (Lipinski definition) is 6. The number of nitrogens with one attached hydrogen (secondary N) is 1. The standard InChI is InChI=1S/C28H32F2N4O2/c1-36-26-7-6-24-27(33-26)25(9-13-32-24)34-14-10-20-16-22(8-11-28(20,17-34)18-35)31-12-2-3-19-15-21(29)4-5-23(19)30/h2-7,9,13,15,20,22,31,35H,8,10-12,14,16-18H2,1H3/t20-,22-,28+/m1/s1. The molecule has 0 amide bonds. The zero-order valence-electron chi connectivity index (χ0n) is 20.5. The minimum Gasteiger partial charge on any atom is -0.481 e. The van der Waals surface area contributed by atoms with Crippen LogP contribution in [0.25, 0.3) is 17.1 Å². The minimum absolute atomic E-state index is 0.152. The van der Waals surface area contributed by atoms with Gasteiger partial charge in [0.25, 0.3) is 0 Å². The molecule has 3 atom stereocenters. The van der Waals surface area contributed by atoms with Crippen molar-refractivity contribution in [3.63, 3.8) is 0 Å². The maximum atomic E-state index is 13.8. The molecule has 0 unspecified atom stereocenters. The van der Waals surface area contributed by atoms with E-state index in [9.17, 15) is 13.9 Å². The fourth-order valence-electron chi connectivity index (χ4n) is 5.85. The summed E-state index contributed by atoms with van der Waals surface area (Å²) in [5.41, 5.74) is 2.77. The largest absolute Gasteiger partial charge is 0.481 e. The molecule has 1 saturated carbocycles. The van der Waals surface area contributed by atoms with Crippen molar-refractivity contribution in [1.29, 1.82) is 0 Å².